The predicted molar refractivity (Wildman–Crippen MR) is 120 cm³/mol. The van der Waals surface area contributed by atoms with E-state index < -0.39 is 10.0 Å². The van der Waals surface area contributed by atoms with Crippen molar-refractivity contribution in [2.75, 3.05) is 18.4 Å². The second kappa shape index (κ2) is 9.03. The Morgan fingerprint density at radius 2 is 1.77 bits per heavy atom. The number of anilines is 1. The number of hydrogen-bond acceptors (Lipinski definition) is 5. The molecule has 1 fully saturated rings. The zero-order chi connectivity index (χ0) is 21.8. The molecule has 3 aromatic rings. The summed E-state index contributed by atoms with van der Waals surface area (Å²) in [7, 11) is -3.47. The smallest absolute Gasteiger partial charge is 0.248 e. The highest BCUT2D eigenvalue weighted by atomic mass is 32.2. The number of sulfonamides is 1. The van der Waals surface area contributed by atoms with Crippen LogP contribution in [0.15, 0.2) is 57.9 Å². The van der Waals surface area contributed by atoms with Gasteiger partial charge in [-0.1, -0.05) is 25.0 Å². The zero-order valence-electron chi connectivity index (χ0n) is 17.4. The van der Waals surface area contributed by atoms with Crippen LogP contribution in [0.3, 0.4) is 0 Å². The van der Waals surface area contributed by atoms with Gasteiger partial charge in [0.2, 0.25) is 15.9 Å². The number of fused-ring (bicyclic) bond motifs is 1. The van der Waals surface area contributed by atoms with E-state index in [4.69, 9.17) is 4.42 Å². The second-order valence-electron chi connectivity index (χ2n) is 7.63. The van der Waals surface area contributed by atoms with Crippen molar-refractivity contribution in [2.45, 2.75) is 37.5 Å². The third-order valence-electron chi connectivity index (χ3n) is 5.27. The number of nitrogens with one attached hydrogen (secondary N) is 1. The van der Waals surface area contributed by atoms with E-state index in [1.165, 1.54) is 6.08 Å². The van der Waals surface area contributed by atoms with E-state index in [0.717, 1.165) is 31.2 Å². The number of carbonyl (C=O) groups excluding carboxylic acids is 1. The number of aromatic nitrogens is 1. The molecule has 0 unspecified atom stereocenters. The highest BCUT2D eigenvalue weighted by molar-refractivity contribution is 7.89. The van der Waals surface area contributed by atoms with Crippen LogP contribution < -0.4 is 5.32 Å². The van der Waals surface area contributed by atoms with Crippen molar-refractivity contribution < 1.29 is 17.6 Å². The molecule has 0 aliphatic carbocycles. The highest BCUT2D eigenvalue weighted by Gasteiger charge is 2.24. The summed E-state index contributed by atoms with van der Waals surface area (Å²) >= 11 is 0. The normalized spacial score (nSPS) is 15.9. The van der Waals surface area contributed by atoms with Crippen LogP contribution in [-0.4, -0.2) is 36.7 Å². The topological polar surface area (TPSA) is 92.5 Å². The molecule has 31 heavy (non-hydrogen) atoms. The van der Waals surface area contributed by atoms with Crippen LogP contribution in [0.25, 0.3) is 17.2 Å². The maximum Gasteiger partial charge on any atom is 0.248 e. The van der Waals surface area contributed by atoms with Crippen LogP contribution in [0, 0.1) is 6.92 Å². The Morgan fingerprint density at radius 1 is 1.06 bits per heavy atom. The highest BCUT2D eigenvalue weighted by Crippen LogP contribution is 2.22. The lowest BCUT2D eigenvalue weighted by molar-refractivity contribution is -0.111. The summed E-state index contributed by atoms with van der Waals surface area (Å²) in [5.41, 5.74) is 2.71. The molecule has 1 aliphatic rings. The Labute approximate surface area is 181 Å². The number of rotatable bonds is 5. The van der Waals surface area contributed by atoms with Gasteiger partial charge in [-0.05, 0) is 54.8 Å². The van der Waals surface area contributed by atoms with Crippen LogP contribution in [0.2, 0.25) is 0 Å². The quantitative estimate of drug-likeness (QED) is 0.597. The molecule has 1 amide bonds. The fourth-order valence-corrected chi connectivity index (χ4v) is 5.18. The molecule has 0 saturated carbocycles. The molecule has 7 nitrogen and oxygen atoms in total. The SMILES string of the molecule is Cc1nc2cc(NC(=O)/C=C/c3ccc(S(=O)(=O)N4CCCCCC4)cc3)ccc2o1. The van der Waals surface area contributed by atoms with Gasteiger partial charge in [-0.2, -0.15) is 4.31 Å². The standard InChI is InChI=1S/C23H25N3O4S/c1-17-24-21-16-19(9-12-22(21)30-17)25-23(27)13-8-18-6-10-20(11-7-18)31(28,29)26-14-4-2-3-5-15-26/h6-13,16H,2-5,14-15H2,1H3,(H,25,27)/b13-8+. The molecule has 0 spiro atoms. The zero-order valence-corrected chi connectivity index (χ0v) is 18.2. The average molecular weight is 440 g/mol. The van der Waals surface area contributed by atoms with Crippen molar-refractivity contribution in [3.63, 3.8) is 0 Å². The van der Waals surface area contributed by atoms with E-state index in [2.05, 4.69) is 10.3 Å². The van der Waals surface area contributed by atoms with Gasteiger partial charge in [-0.25, -0.2) is 13.4 Å². The first-order chi connectivity index (χ1) is 14.9. The van der Waals surface area contributed by atoms with Crippen LogP contribution in [-0.2, 0) is 14.8 Å². The molecule has 0 radical (unpaired) electrons. The monoisotopic (exact) mass is 439 g/mol. The van der Waals surface area contributed by atoms with E-state index in [1.807, 2.05) is 0 Å². The molecule has 2 heterocycles. The maximum absolute atomic E-state index is 12.8. The molecule has 1 aliphatic heterocycles. The summed E-state index contributed by atoms with van der Waals surface area (Å²) in [6, 6.07) is 11.9. The van der Waals surface area contributed by atoms with Crippen molar-refractivity contribution in [3.8, 4) is 0 Å². The molecular weight excluding hydrogens is 414 g/mol. The number of oxazole rings is 1. The van der Waals surface area contributed by atoms with E-state index >= 15 is 0 Å². The van der Waals surface area contributed by atoms with E-state index in [1.54, 1.807) is 59.8 Å². The Hall–Kier alpha value is -2.97. The summed E-state index contributed by atoms with van der Waals surface area (Å²) in [5, 5.41) is 2.79. The van der Waals surface area contributed by atoms with Crippen molar-refractivity contribution in [1.29, 1.82) is 0 Å². The van der Waals surface area contributed by atoms with Gasteiger partial charge in [0.05, 0.1) is 4.90 Å². The average Bonchev–Trinajstić information content (AvgIpc) is 2.93. The van der Waals surface area contributed by atoms with Gasteiger partial charge in [0.25, 0.3) is 0 Å². The van der Waals surface area contributed by atoms with Gasteiger partial charge in [-0.15, -0.1) is 0 Å². The summed E-state index contributed by atoms with van der Waals surface area (Å²) < 4.78 is 32.7. The number of nitrogens with zero attached hydrogens (tertiary/aromatic N) is 2. The Balaban J connectivity index is 1.41. The largest absolute Gasteiger partial charge is 0.441 e. The van der Waals surface area contributed by atoms with Gasteiger partial charge >= 0.3 is 0 Å². The molecule has 0 atom stereocenters. The lowest BCUT2D eigenvalue weighted by Crippen LogP contribution is -2.31. The minimum absolute atomic E-state index is 0.284. The minimum atomic E-state index is -3.47. The fourth-order valence-electron chi connectivity index (χ4n) is 3.66. The fraction of sp³-hybridized carbons (Fsp3) is 0.304. The summed E-state index contributed by atoms with van der Waals surface area (Å²) in [6.45, 7) is 2.92. The summed E-state index contributed by atoms with van der Waals surface area (Å²) in [6.07, 6.45) is 7.01. The third-order valence-corrected chi connectivity index (χ3v) is 7.18. The molecule has 1 saturated heterocycles. The molecule has 1 N–H and O–H groups in total. The van der Waals surface area contributed by atoms with Crippen molar-refractivity contribution in [2.24, 2.45) is 0 Å². The van der Waals surface area contributed by atoms with Gasteiger partial charge < -0.3 is 9.73 Å². The third kappa shape index (κ3) is 5.03. The Bertz CT molecular complexity index is 1210. The molecular formula is C23H25N3O4S. The van der Waals surface area contributed by atoms with Crippen molar-refractivity contribution in [1.82, 2.24) is 9.29 Å². The lowest BCUT2D eigenvalue weighted by Gasteiger charge is -2.19. The Kier molecular flexibility index (Phi) is 6.20. The second-order valence-corrected chi connectivity index (χ2v) is 9.56. The van der Waals surface area contributed by atoms with E-state index in [9.17, 15) is 13.2 Å². The molecule has 8 heteroatoms. The molecule has 2 aromatic carbocycles. The molecule has 4 rings (SSSR count). The maximum atomic E-state index is 12.8. The van der Waals surface area contributed by atoms with Crippen LogP contribution in [0.1, 0.15) is 37.1 Å². The minimum Gasteiger partial charge on any atom is -0.441 e. The first kappa shape index (κ1) is 21.3. The van der Waals surface area contributed by atoms with E-state index in [0.29, 0.717) is 35.8 Å². The van der Waals surface area contributed by atoms with Gasteiger partial charge in [0.15, 0.2) is 11.5 Å². The number of benzene rings is 2. The van der Waals surface area contributed by atoms with Crippen molar-refractivity contribution >= 4 is 38.8 Å². The van der Waals surface area contributed by atoms with Gasteiger partial charge in [0, 0.05) is 31.8 Å². The first-order valence-corrected chi connectivity index (χ1v) is 11.8. The molecule has 0 bridgehead atoms. The van der Waals surface area contributed by atoms with Crippen LogP contribution in [0.5, 0.6) is 0 Å². The number of amides is 1. The van der Waals surface area contributed by atoms with Crippen LogP contribution in [0.4, 0.5) is 5.69 Å². The number of carbonyl (C=O) groups is 1. The first-order valence-electron chi connectivity index (χ1n) is 10.4. The van der Waals surface area contributed by atoms with Gasteiger partial charge in [0.1, 0.15) is 5.52 Å². The number of hydrogen-bond donors (Lipinski definition) is 1. The van der Waals surface area contributed by atoms with Gasteiger partial charge in [-0.3, -0.25) is 4.79 Å². The Morgan fingerprint density at radius 3 is 2.48 bits per heavy atom. The predicted octanol–water partition coefficient (Wildman–Crippen LogP) is 4.35. The summed E-state index contributed by atoms with van der Waals surface area (Å²) in [5.74, 6) is 0.278. The van der Waals surface area contributed by atoms with Crippen molar-refractivity contribution in [3.05, 3.63) is 60.0 Å². The molecule has 1 aromatic heterocycles. The van der Waals surface area contributed by atoms with Crippen LogP contribution >= 0.6 is 0 Å². The van der Waals surface area contributed by atoms with E-state index in [-0.39, 0.29) is 10.8 Å². The summed E-state index contributed by atoms with van der Waals surface area (Å²) in [4.78, 5) is 16.8. The number of aryl methyl sites for hydroxylation is 1. The molecule has 162 valence electrons. The lowest BCUT2D eigenvalue weighted by atomic mass is 10.2.